The summed E-state index contributed by atoms with van der Waals surface area (Å²) in [5.74, 6) is 0. The monoisotopic (exact) mass is 358 g/mol. The quantitative estimate of drug-likeness (QED) is 0.835. The van der Waals surface area contributed by atoms with Gasteiger partial charge in [-0.2, -0.15) is 4.31 Å². The van der Waals surface area contributed by atoms with E-state index in [-0.39, 0.29) is 21.0 Å². The third kappa shape index (κ3) is 2.56. The van der Waals surface area contributed by atoms with E-state index in [4.69, 9.17) is 23.2 Å². The minimum Gasteiger partial charge on any atom is -0.353 e. The molecule has 0 amide bonds. The molecule has 1 fully saturated rings. The van der Waals surface area contributed by atoms with Gasteiger partial charge in [0.2, 0.25) is 10.0 Å². The molecule has 3 rings (SSSR count). The molecular formula is C15H16Cl2N2O2S. The Morgan fingerprint density at radius 3 is 2.64 bits per heavy atom. The topological polar surface area (TPSA) is 42.3 Å². The zero-order valence-corrected chi connectivity index (χ0v) is 14.4. The maximum absolute atomic E-state index is 13.0. The van der Waals surface area contributed by atoms with Gasteiger partial charge in [0.05, 0.1) is 16.1 Å². The largest absolute Gasteiger partial charge is 0.353 e. The van der Waals surface area contributed by atoms with Gasteiger partial charge in [0.15, 0.2) is 0 Å². The molecule has 0 bridgehead atoms. The highest BCUT2D eigenvalue weighted by molar-refractivity contribution is 7.89. The minimum absolute atomic E-state index is 0.0720. The van der Waals surface area contributed by atoms with Crippen LogP contribution >= 0.6 is 23.2 Å². The van der Waals surface area contributed by atoms with Crippen LogP contribution in [0.25, 0.3) is 0 Å². The molecule has 0 aliphatic carbocycles. The van der Waals surface area contributed by atoms with Crippen molar-refractivity contribution in [1.29, 1.82) is 0 Å². The molecule has 2 aromatic rings. The molecular weight excluding hydrogens is 343 g/mol. The second-order valence-corrected chi connectivity index (χ2v) is 8.01. The van der Waals surface area contributed by atoms with E-state index in [1.54, 1.807) is 12.1 Å². The van der Waals surface area contributed by atoms with E-state index in [0.29, 0.717) is 6.54 Å². The van der Waals surface area contributed by atoms with Gasteiger partial charge in [-0.05, 0) is 37.1 Å². The van der Waals surface area contributed by atoms with Crippen molar-refractivity contribution >= 4 is 33.2 Å². The van der Waals surface area contributed by atoms with Crippen molar-refractivity contribution in [2.24, 2.45) is 7.05 Å². The lowest BCUT2D eigenvalue weighted by atomic mass is 10.1. The van der Waals surface area contributed by atoms with Crippen molar-refractivity contribution in [1.82, 2.24) is 8.87 Å². The van der Waals surface area contributed by atoms with Gasteiger partial charge >= 0.3 is 0 Å². The Bertz CT molecular complexity index is 802. The lowest BCUT2D eigenvalue weighted by Gasteiger charge is -2.25. The van der Waals surface area contributed by atoms with Gasteiger partial charge in [-0.15, -0.1) is 0 Å². The Hall–Kier alpha value is -1.01. The van der Waals surface area contributed by atoms with Crippen LogP contribution in [0, 0.1) is 0 Å². The Balaban J connectivity index is 2.05. The first-order valence-electron chi connectivity index (χ1n) is 7.00. The molecule has 0 unspecified atom stereocenters. The van der Waals surface area contributed by atoms with Gasteiger partial charge in [-0.25, -0.2) is 8.42 Å². The van der Waals surface area contributed by atoms with Gasteiger partial charge in [0.1, 0.15) is 4.90 Å². The molecule has 1 aromatic heterocycles. The predicted molar refractivity (Wildman–Crippen MR) is 87.7 cm³/mol. The molecule has 1 saturated heterocycles. The van der Waals surface area contributed by atoms with Crippen LogP contribution in [-0.4, -0.2) is 23.8 Å². The van der Waals surface area contributed by atoms with Crippen LogP contribution in [0.15, 0.2) is 41.4 Å². The van der Waals surface area contributed by atoms with E-state index >= 15 is 0 Å². The summed E-state index contributed by atoms with van der Waals surface area (Å²) in [7, 11) is -1.76. The van der Waals surface area contributed by atoms with E-state index in [1.165, 1.54) is 10.4 Å². The third-order valence-corrected chi connectivity index (χ3v) is 6.91. The van der Waals surface area contributed by atoms with Crippen LogP contribution in [-0.2, 0) is 17.1 Å². The van der Waals surface area contributed by atoms with Crippen LogP contribution in [0.2, 0.25) is 10.0 Å². The summed E-state index contributed by atoms with van der Waals surface area (Å²) in [5.41, 5.74) is 0.985. The molecule has 1 atom stereocenters. The van der Waals surface area contributed by atoms with Gasteiger partial charge in [0.25, 0.3) is 0 Å². The van der Waals surface area contributed by atoms with E-state index in [2.05, 4.69) is 0 Å². The SMILES string of the molecule is Cn1cccc1[C@@H]1CCCN1S(=O)(=O)c1cccc(Cl)c1Cl. The zero-order valence-electron chi connectivity index (χ0n) is 12.0. The molecule has 0 N–H and O–H groups in total. The summed E-state index contributed by atoms with van der Waals surface area (Å²) in [6, 6.07) is 8.41. The number of hydrogen-bond donors (Lipinski definition) is 0. The number of aryl methyl sites for hydroxylation is 1. The summed E-state index contributed by atoms with van der Waals surface area (Å²) < 4.78 is 29.5. The van der Waals surface area contributed by atoms with Crippen molar-refractivity contribution in [3.63, 3.8) is 0 Å². The molecule has 2 heterocycles. The van der Waals surface area contributed by atoms with Gasteiger partial charge in [-0.1, -0.05) is 29.3 Å². The Morgan fingerprint density at radius 1 is 1.18 bits per heavy atom. The van der Waals surface area contributed by atoms with Crippen molar-refractivity contribution in [2.45, 2.75) is 23.8 Å². The van der Waals surface area contributed by atoms with E-state index < -0.39 is 10.0 Å². The molecule has 0 saturated carbocycles. The van der Waals surface area contributed by atoms with Crippen molar-refractivity contribution in [3.8, 4) is 0 Å². The average Bonchev–Trinajstić information content (AvgIpc) is 3.09. The summed E-state index contributed by atoms with van der Waals surface area (Å²) in [4.78, 5) is 0.0720. The second kappa shape index (κ2) is 5.89. The molecule has 0 spiro atoms. The molecule has 118 valence electrons. The number of rotatable bonds is 3. The fourth-order valence-electron chi connectivity index (χ4n) is 2.95. The highest BCUT2D eigenvalue weighted by Gasteiger charge is 2.38. The summed E-state index contributed by atoms with van der Waals surface area (Å²) in [6.07, 6.45) is 3.55. The average molecular weight is 359 g/mol. The van der Waals surface area contributed by atoms with E-state index in [9.17, 15) is 8.42 Å². The zero-order chi connectivity index (χ0) is 15.9. The number of nitrogens with zero attached hydrogens (tertiary/aromatic N) is 2. The fourth-order valence-corrected chi connectivity index (χ4v) is 5.36. The summed E-state index contributed by atoms with van der Waals surface area (Å²) in [5, 5.41) is 0.332. The second-order valence-electron chi connectivity index (χ2n) is 5.37. The molecule has 22 heavy (non-hydrogen) atoms. The minimum atomic E-state index is -3.68. The number of sulfonamides is 1. The van der Waals surface area contributed by atoms with Crippen LogP contribution in [0.5, 0.6) is 0 Å². The van der Waals surface area contributed by atoms with Crippen molar-refractivity contribution < 1.29 is 8.42 Å². The first-order valence-corrected chi connectivity index (χ1v) is 9.19. The smallest absolute Gasteiger partial charge is 0.245 e. The lowest BCUT2D eigenvalue weighted by Crippen LogP contribution is -2.31. The van der Waals surface area contributed by atoms with E-state index in [1.807, 2.05) is 29.9 Å². The number of aromatic nitrogens is 1. The Labute approximate surface area is 140 Å². The summed E-state index contributed by atoms with van der Waals surface area (Å²) >= 11 is 12.1. The Morgan fingerprint density at radius 2 is 1.95 bits per heavy atom. The molecule has 7 heteroatoms. The maximum Gasteiger partial charge on any atom is 0.245 e. The molecule has 4 nitrogen and oxygen atoms in total. The van der Waals surface area contributed by atoms with Crippen LogP contribution in [0.3, 0.4) is 0 Å². The van der Waals surface area contributed by atoms with Gasteiger partial charge in [0, 0.05) is 25.5 Å². The van der Waals surface area contributed by atoms with Crippen molar-refractivity contribution in [3.05, 3.63) is 52.3 Å². The maximum atomic E-state index is 13.0. The van der Waals surface area contributed by atoms with Gasteiger partial charge in [-0.3, -0.25) is 0 Å². The predicted octanol–water partition coefficient (Wildman–Crippen LogP) is 3.86. The highest BCUT2D eigenvalue weighted by atomic mass is 35.5. The van der Waals surface area contributed by atoms with Crippen LogP contribution in [0.4, 0.5) is 0 Å². The third-order valence-electron chi connectivity index (χ3n) is 4.03. The molecule has 0 radical (unpaired) electrons. The summed E-state index contributed by atoms with van der Waals surface area (Å²) in [6.45, 7) is 0.487. The molecule has 1 aliphatic rings. The number of halogens is 2. The first kappa shape index (κ1) is 15.9. The lowest BCUT2D eigenvalue weighted by molar-refractivity contribution is 0.384. The van der Waals surface area contributed by atoms with Crippen LogP contribution < -0.4 is 0 Å². The standard InChI is InChI=1S/C15H16Cl2N2O2S/c1-18-9-3-6-12(18)13-7-4-10-19(13)22(20,21)14-8-2-5-11(16)15(14)17/h2-3,5-6,8-9,13H,4,7,10H2,1H3/t13-/m0/s1. The van der Waals surface area contributed by atoms with Crippen LogP contribution in [0.1, 0.15) is 24.6 Å². The van der Waals surface area contributed by atoms with Crippen molar-refractivity contribution in [2.75, 3.05) is 6.54 Å². The Kier molecular flexibility index (Phi) is 4.25. The van der Waals surface area contributed by atoms with E-state index in [0.717, 1.165) is 18.5 Å². The number of benzene rings is 1. The first-order chi connectivity index (χ1) is 10.4. The molecule has 1 aliphatic heterocycles. The fraction of sp³-hybridized carbons (Fsp3) is 0.333. The highest BCUT2D eigenvalue weighted by Crippen LogP contribution is 2.39. The normalized spacial score (nSPS) is 19.7. The molecule has 1 aromatic carbocycles. The van der Waals surface area contributed by atoms with Gasteiger partial charge < -0.3 is 4.57 Å². The number of hydrogen-bond acceptors (Lipinski definition) is 2.